The molecule has 2 amide bonds. The first-order chi connectivity index (χ1) is 12.7. The van der Waals surface area contributed by atoms with E-state index in [4.69, 9.17) is 4.74 Å². The van der Waals surface area contributed by atoms with Crippen LogP contribution in [0, 0.1) is 16.0 Å². The van der Waals surface area contributed by atoms with Gasteiger partial charge in [-0.3, -0.25) is 10.1 Å². The van der Waals surface area contributed by atoms with E-state index in [2.05, 4.69) is 10.6 Å². The third kappa shape index (κ3) is 4.75. The number of carbonyl (C=O) groups excluding carboxylic acids is 2. The number of benzene rings is 1. The molecule has 0 bridgehead atoms. The maximum Gasteiger partial charge on any atom is 0.338 e. The molecule has 0 saturated heterocycles. The number of nitrogens with zero attached hydrogens (tertiary/aromatic N) is 1. The van der Waals surface area contributed by atoms with Crippen LogP contribution in [0.2, 0.25) is 0 Å². The molecular weight excluding hydrogens is 354 g/mol. The number of hydrogen-bond acceptors (Lipinski definition) is 6. The number of rotatable bonds is 7. The van der Waals surface area contributed by atoms with E-state index in [1.807, 2.05) is 13.8 Å². The lowest BCUT2D eigenvalue weighted by Gasteiger charge is -2.28. The Hall–Kier alpha value is -3.10. The molecule has 0 aromatic heterocycles. The molecule has 0 unspecified atom stereocenters. The normalized spacial score (nSPS) is 17.7. The Balaban J connectivity index is 2.34. The van der Waals surface area contributed by atoms with Crippen LogP contribution in [-0.4, -0.2) is 23.5 Å². The van der Waals surface area contributed by atoms with Gasteiger partial charge in [-0.05, 0) is 30.6 Å². The molecule has 9 nitrogen and oxygen atoms in total. The minimum absolute atomic E-state index is 0.145. The highest BCUT2D eigenvalue weighted by Crippen LogP contribution is 2.32. The van der Waals surface area contributed by atoms with Crippen LogP contribution in [0.3, 0.4) is 0 Å². The van der Waals surface area contributed by atoms with Crippen LogP contribution < -0.4 is 15.7 Å². The molecule has 1 aromatic carbocycles. The molecule has 0 saturated carbocycles. The van der Waals surface area contributed by atoms with Gasteiger partial charge in [0.1, 0.15) is 0 Å². The van der Waals surface area contributed by atoms with E-state index < -0.39 is 34.4 Å². The number of nitrogens with one attached hydrogen (secondary N) is 2. The van der Waals surface area contributed by atoms with Crippen LogP contribution in [0.5, 0.6) is 5.75 Å². The second-order valence-electron chi connectivity index (χ2n) is 6.55. The summed E-state index contributed by atoms with van der Waals surface area (Å²) < 4.78 is 5.37. The smallest absolute Gasteiger partial charge is 0.338 e. The van der Waals surface area contributed by atoms with Crippen LogP contribution in [0.1, 0.15) is 45.2 Å². The van der Waals surface area contributed by atoms with Gasteiger partial charge in [-0.25, -0.2) is 9.59 Å². The molecule has 0 radical (unpaired) electrons. The molecule has 27 heavy (non-hydrogen) atoms. The highest BCUT2D eigenvalue weighted by Gasteiger charge is 2.33. The van der Waals surface area contributed by atoms with Crippen LogP contribution in [0.25, 0.3) is 0 Å². The first-order valence-electron chi connectivity index (χ1n) is 8.65. The van der Waals surface area contributed by atoms with Crippen molar-refractivity contribution in [2.24, 2.45) is 5.92 Å². The molecule has 0 fully saturated rings. The van der Waals surface area contributed by atoms with Crippen LogP contribution in [0.4, 0.5) is 10.5 Å². The topological polar surface area (TPSA) is 134 Å². The molecule has 1 aromatic rings. The summed E-state index contributed by atoms with van der Waals surface area (Å²) in [4.78, 5) is 34.7. The van der Waals surface area contributed by atoms with Gasteiger partial charge in [0.2, 0.25) is 0 Å². The van der Waals surface area contributed by atoms with Crippen LogP contribution in [-0.2, 0) is 9.53 Å². The van der Waals surface area contributed by atoms with Crippen molar-refractivity contribution in [1.82, 2.24) is 10.6 Å². The number of allylic oxidation sites excluding steroid dienone is 1. The Morgan fingerprint density at radius 3 is 2.74 bits per heavy atom. The average molecular weight is 376 g/mol. The van der Waals surface area contributed by atoms with E-state index in [0.29, 0.717) is 5.70 Å². The zero-order valence-corrected chi connectivity index (χ0v) is 15.4. The first kappa shape index (κ1) is 20.2. The number of carbonyl (C=O) groups is 2. The van der Waals surface area contributed by atoms with Gasteiger partial charge in [0, 0.05) is 11.8 Å². The Kier molecular flexibility index (Phi) is 6.38. The van der Waals surface area contributed by atoms with Crippen molar-refractivity contribution >= 4 is 17.7 Å². The zero-order valence-electron chi connectivity index (χ0n) is 15.4. The van der Waals surface area contributed by atoms with Crippen molar-refractivity contribution in [2.75, 3.05) is 6.61 Å². The van der Waals surface area contributed by atoms with Crippen molar-refractivity contribution in [3.05, 3.63) is 45.1 Å². The van der Waals surface area contributed by atoms with Crippen molar-refractivity contribution < 1.29 is 24.4 Å². The highest BCUT2D eigenvalue weighted by molar-refractivity contribution is 5.95. The lowest BCUT2D eigenvalue weighted by molar-refractivity contribution is -0.398. The van der Waals surface area contributed by atoms with Crippen molar-refractivity contribution in [3.63, 3.8) is 0 Å². The Morgan fingerprint density at radius 1 is 1.41 bits per heavy atom. The minimum atomic E-state index is -0.952. The molecule has 0 aliphatic carbocycles. The van der Waals surface area contributed by atoms with Gasteiger partial charge in [-0.15, -0.1) is 0 Å². The van der Waals surface area contributed by atoms with Crippen molar-refractivity contribution in [3.8, 4) is 5.75 Å². The summed E-state index contributed by atoms with van der Waals surface area (Å²) in [6, 6.07) is 1.96. The minimum Gasteiger partial charge on any atom is -0.868 e. The van der Waals surface area contributed by atoms with E-state index in [1.165, 1.54) is 6.07 Å². The summed E-state index contributed by atoms with van der Waals surface area (Å²) in [5, 5.41) is 27.7. The maximum atomic E-state index is 12.6. The summed E-state index contributed by atoms with van der Waals surface area (Å²) in [7, 11) is 0. The molecule has 1 heterocycles. The predicted molar refractivity (Wildman–Crippen MR) is 94.7 cm³/mol. The molecule has 1 aliphatic heterocycles. The first-order valence-corrected chi connectivity index (χ1v) is 8.65. The second-order valence-corrected chi connectivity index (χ2v) is 6.55. The van der Waals surface area contributed by atoms with Crippen LogP contribution in [0.15, 0.2) is 29.5 Å². The fraction of sp³-hybridized carbons (Fsp3) is 0.444. The van der Waals surface area contributed by atoms with Crippen LogP contribution >= 0.6 is 0 Å². The van der Waals surface area contributed by atoms with Gasteiger partial charge in [-0.1, -0.05) is 32.4 Å². The lowest BCUT2D eigenvalue weighted by atomic mass is 9.95. The molecular formula is C18H22N3O6-. The lowest BCUT2D eigenvalue weighted by Crippen LogP contribution is -2.45. The van der Waals surface area contributed by atoms with Gasteiger partial charge in [0.15, 0.2) is 0 Å². The average Bonchev–Trinajstić information content (AvgIpc) is 2.59. The molecule has 2 atom stereocenters. The monoisotopic (exact) mass is 376 g/mol. The predicted octanol–water partition coefficient (Wildman–Crippen LogP) is 2.28. The zero-order chi connectivity index (χ0) is 20.1. The number of amides is 2. The Bertz CT molecular complexity index is 789. The van der Waals surface area contributed by atoms with Gasteiger partial charge in [0.05, 0.1) is 23.1 Å². The van der Waals surface area contributed by atoms with E-state index in [0.717, 1.165) is 25.0 Å². The van der Waals surface area contributed by atoms with Gasteiger partial charge < -0.3 is 20.5 Å². The number of nitro benzene ring substituents is 1. The van der Waals surface area contributed by atoms with Crippen molar-refractivity contribution in [1.29, 1.82) is 0 Å². The SMILES string of the molecule is CCC[C@@H](C)COC(=O)C1=C(C)NC(=O)N[C@H]1c1ccc([O-])c([N+](=O)[O-])c1. The summed E-state index contributed by atoms with van der Waals surface area (Å²) in [5.74, 6) is -1.19. The Morgan fingerprint density at radius 2 is 2.11 bits per heavy atom. The summed E-state index contributed by atoms with van der Waals surface area (Å²) >= 11 is 0. The molecule has 9 heteroatoms. The van der Waals surface area contributed by atoms with Gasteiger partial charge in [-0.2, -0.15) is 0 Å². The fourth-order valence-corrected chi connectivity index (χ4v) is 2.94. The van der Waals surface area contributed by atoms with E-state index in [-0.39, 0.29) is 23.7 Å². The van der Waals surface area contributed by atoms with E-state index in [9.17, 15) is 24.8 Å². The molecule has 1 aliphatic rings. The molecule has 2 N–H and O–H groups in total. The molecule has 146 valence electrons. The number of nitro groups is 1. The highest BCUT2D eigenvalue weighted by atomic mass is 16.6. The van der Waals surface area contributed by atoms with E-state index in [1.54, 1.807) is 6.92 Å². The summed E-state index contributed by atoms with van der Waals surface area (Å²) in [5.41, 5.74) is 0.0725. The largest absolute Gasteiger partial charge is 0.868 e. The standard InChI is InChI=1S/C18H23N3O6/c1-4-5-10(2)9-27-17(23)15-11(3)19-18(24)20-16(15)12-6-7-14(22)13(8-12)21(25)26/h6-8,10,16,22H,4-5,9H2,1-3H3,(H2,19,20,24)/p-1/t10-,16+/m1/s1. The molecule has 2 rings (SSSR count). The number of hydrogen-bond donors (Lipinski definition) is 2. The summed E-state index contributed by atoms with van der Waals surface area (Å²) in [6.45, 7) is 5.78. The van der Waals surface area contributed by atoms with Crippen molar-refractivity contribution in [2.45, 2.75) is 39.7 Å². The number of ether oxygens (including phenoxy) is 1. The summed E-state index contributed by atoms with van der Waals surface area (Å²) in [6.07, 6.45) is 1.87. The molecule has 0 spiro atoms. The third-order valence-corrected chi connectivity index (χ3v) is 4.28. The third-order valence-electron chi connectivity index (χ3n) is 4.28. The number of urea groups is 1. The van der Waals surface area contributed by atoms with E-state index >= 15 is 0 Å². The van der Waals surface area contributed by atoms with Gasteiger partial charge >= 0.3 is 12.0 Å². The maximum absolute atomic E-state index is 12.6. The quantitative estimate of drug-likeness (QED) is 0.426. The fourth-order valence-electron chi connectivity index (χ4n) is 2.94. The Labute approximate surface area is 156 Å². The second kappa shape index (κ2) is 8.52. The van der Waals surface area contributed by atoms with Gasteiger partial charge in [0.25, 0.3) is 5.69 Å². The number of esters is 1.